The monoisotopic (exact) mass is 249 g/mol. The molecular weight excluding hydrogens is 235 g/mol. The van der Waals surface area contributed by atoms with Crippen molar-refractivity contribution in [2.24, 2.45) is 0 Å². The van der Waals surface area contributed by atoms with E-state index < -0.39 is 21.9 Å². The quantitative estimate of drug-likeness (QED) is 0.669. The lowest BCUT2D eigenvalue weighted by Gasteiger charge is -2.10. The van der Waals surface area contributed by atoms with Gasteiger partial charge in [-0.25, -0.2) is 12.8 Å². The molecule has 0 heterocycles. The van der Waals surface area contributed by atoms with Gasteiger partial charge in [-0.15, -0.1) is 0 Å². The van der Waals surface area contributed by atoms with Gasteiger partial charge < -0.3 is 10.8 Å². The molecule has 0 aromatic heterocycles. The second-order valence-corrected chi connectivity index (χ2v) is 5.16. The van der Waals surface area contributed by atoms with Gasteiger partial charge in [0.25, 0.3) is 0 Å². The molecule has 5 N–H and O–H groups in total. The molecule has 0 amide bonds. The van der Waals surface area contributed by atoms with Crippen molar-refractivity contribution < 1.29 is 23.6 Å². The first-order chi connectivity index (χ1) is 7.33. The van der Waals surface area contributed by atoms with E-state index in [2.05, 4.69) is 10.5 Å². The van der Waals surface area contributed by atoms with Crippen LogP contribution in [0.4, 0.5) is 10.1 Å². The first-order valence-corrected chi connectivity index (χ1v) is 6.47. The highest BCUT2D eigenvalue weighted by molar-refractivity contribution is 7.92. The SMILES string of the molecule is CS(=O)(=O)Nc1ccc(F)c([C@@H](O)C[NH3+])c1. The maximum Gasteiger partial charge on any atom is 0.229 e. The van der Waals surface area contributed by atoms with Crippen molar-refractivity contribution >= 4 is 15.7 Å². The molecule has 0 spiro atoms. The van der Waals surface area contributed by atoms with Crippen LogP contribution in [-0.2, 0) is 10.0 Å². The van der Waals surface area contributed by atoms with Gasteiger partial charge in [0.1, 0.15) is 18.5 Å². The second kappa shape index (κ2) is 4.77. The zero-order valence-corrected chi connectivity index (χ0v) is 9.59. The number of aliphatic hydroxyl groups excluding tert-OH is 1. The molecule has 0 saturated heterocycles. The van der Waals surface area contributed by atoms with Crippen LogP contribution < -0.4 is 10.5 Å². The second-order valence-electron chi connectivity index (χ2n) is 3.41. The molecule has 7 heteroatoms. The molecule has 0 aliphatic carbocycles. The fourth-order valence-corrected chi connectivity index (χ4v) is 1.79. The zero-order valence-electron chi connectivity index (χ0n) is 8.77. The Kier molecular flexibility index (Phi) is 3.84. The first kappa shape index (κ1) is 12.9. The van der Waals surface area contributed by atoms with Crippen molar-refractivity contribution in [2.45, 2.75) is 6.10 Å². The molecule has 0 bridgehead atoms. The van der Waals surface area contributed by atoms with Crippen LogP contribution in [0, 0.1) is 5.82 Å². The predicted octanol–water partition coefficient (Wildman–Crippen LogP) is -0.528. The van der Waals surface area contributed by atoms with E-state index in [1.54, 1.807) is 0 Å². The lowest BCUT2D eigenvalue weighted by molar-refractivity contribution is -0.385. The lowest BCUT2D eigenvalue weighted by atomic mass is 10.1. The van der Waals surface area contributed by atoms with Gasteiger partial charge in [0, 0.05) is 11.3 Å². The van der Waals surface area contributed by atoms with Crippen molar-refractivity contribution in [1.82, 2.24) is 0 Å². The molecule has 0 aliphatic rings. The molecule has 1 aromatic rings. The summed E-state index contributed by atoms with van der Waals surface area (Å²) in [5.41, 5.74) is 3.70. The van der Waals surface area contributed by atoms with E-state index in [0.29, 0.717) is 0 Å². The predicted molar refractivity (Wildman–Crippen MR) is 57.6 cm³/mol. The van der Waals surface area contributed by atoms with Gasteiger partial charge >= 0.3 is 0 Å². The normalized spacial score (nSPS) is 13.5. The minimum absolute atomic E-state index is 0.0312. The van der Waals surface area contributed by atoms with Gasteiger partial charge in [-0.3, -0.25) is 4.72 Å². The minimum Gasteiger partial charge on any atom is -0.382 e. The highest BCUT2D eigenvalue weighted by atomic mass is 32.2. The Morgan fingerprint density at radius 1 is 1.56 bits per heavy atom. The summed E-state index contributed by atoms with van der Waals surface area (Å²) >= 11 is 0. The number of halogens is 1. The summed E-state index contributed by atoms with van der Waals surface area (Å²) in [5, 5.41) is 9.45. The highest BCUT2D eigenvalue weighted by Gasteiger charge is 2.14. The van der Waals surface area contributed by atoms with Crippen molar-refractivity contribution in [1.29, 1.82) is 0 Å². The summed E-state index contributed by atoms with van der Waals surface area (Å²) in [4.78, 5) is 0. The van der Waals surface area contributed by atoms with Crippen LogP contribution in [0.15, 0.2) is 18.2 Å². The van der Waals surface area contributed by atoms with Crippen LogP contribution in [0.3, 0.4) is 0 Å². The molecule has 0 saturated carbocycles. The van der Waals surface area contributed by atoms with Crippen LogP contribution in [0.5, 0.6) is 0 Å². The third-order valence-corrected chi connectivity index (χ3v) is 2.54. The molecule has 0 unspecified atom stereocenters. The zero-order chi connectivity index (χ0) is 12.3. The van der Waals surface area contributed by atoms with Gasteiger partial charge in [0.05, 0.1) is 6.26 Å². The van der Waals surface area contributed by atoms with E-state index in [1.807, 2.05) is 0 Å². The number of aliphatic hydroxyl groups is 1. The molecule has 0 fully saturated rings. The highest BCUT2D eigenvalue weighted by Crippen LogP contribution is 2.20. The van der Waals surface area contributed by atoms with Crippen LogP contribution >= 0.6 is 0 Å². The van der Waals surface area contributed by atoms with E-state index in [-0.39, 0.29) is 17.8 Å². The summed E-state index contributed by atoms with van der Waals surface area (Å²) in [6, 6.07) is 3.64. The summed E-state index contributed by atoms with van der Waals surface area (Å²) in [6.45, 7) is 0.110. The molecule has 90 valence electrons. The van der Waals surface area contributed by atoms with Gasteiger partial charge in [0.2, 0.25) is 10.0 Å². The lowest BCUT2D eigenvalue weighted by Crippen LogP contribution is -2.53. The largest absolute Gasteiger partial charge is 0.382 e. The van der Waals surface area contributed by atoms with Crippen molar-refractivity contribution in [3.05, 3.63) is 29.6 Å². The minimum atomic E-state index is -3.41. The number of quaternary nitrogens is 1. The average molecular weight is 249 g/mol. The summed E-state index contributed by atoms with van der Waals surface area (Å²) < 4.78 is 37.4. The first-order valence-electron chi connectivity index (χ1n) is 4.58. The molecule has 1 aromatic carbocycles. The van der Waals surface area contributed by atoms with Gasteiger partial charge in [-0.1, -0.05) is 0 Å². The third-order valence-electron chi connectivity index (χ3n) is 1.93. The Morgan fingerprint density at radius 3 is 2.69 bits per heavy atom. The summed E-state index contributed by atoms with van der Waals surface area (Å²) in [6.07, 6.45) is -0.0466. The molecule has 1 atom stereocenters. The van der Waals surface area contributed by atoms with Crippen LogP contribution in [-0.4, -0.2) is 26.3 Å². The van der Waals surface area contributed by atoms with Crippen LogP contribution in [0.25, 0.3) is 0 Å². The van der Waals surface area contributed by atoms with Gasteiger partial charge in [-0.2, -0.15) is 0 Å². The average Bonchev–Trinajstić information content (AvgIpc) is 2.18. The van der Waals surface area contributed by atoms with Crippen molar-refractivity contribution in [2.75, 3.05) is 17.5 Å². The van der Waals surface area contributed by atoms with Crippen LogP contribution in [0.2, 0.25) is 0 Å². The van der Waals surface area contributed by atoms with Crippen molar-refractivity contribution in [3.8, 4) is 0 Å². The molecule has 0 radical (unpaired) electrons. The van der Waals surface area contributed by atoms with E-state index in [1.165, 1.54) is 12.1 Å². The maximum absolute atomic E-state index is 13.3. The number of rotatable bonds is 4. The Labute approximate surface area is 93.1 Å². The summed E-state index contributed by atoms with van der Waals surface area (Å²) in [7, 11) is -3.41. The van der Waals surface area contributed by atoms with E-state index in [4.69, 9.17) is 0 Å². The Balaban J connectivity index is 3.07. The van der Waals surface area contributed by atoms with Gasteiger partial charge in [0.15, 0.2) is 0 Å². The molecule has 5 nitrogen and oxygen atoms in total. The van der Waals surface area contributed by atoms with Crippen molar-refractivity contribution in [3.63, 3.8) is 0 Å². The smallest absolute Gasteiger partial charge is 0.229 e. The van der Waals surface area contributed by atoms with E-state index in [0.717, 1.165) is 12.3 Å². The Morgan fingerprint density at radius 2 is 2.19 bits per heavy atom. The Hall–Kier alpha value is -1.18. The molecular formula is C9H14FN2O3S+. The fraction of sp³-hybridized carbons (Fsp3) is 0.333. The summed E-state index contributed by atoms with van der Waals surface area (Å²) in [5.74, 6) is -0.588. The topological polar surface area (TPSA) is 94.0 Å². The number of benzene rings is 1. The number of hydrogen-bond donors (Lipinski definition) is 3. The molecule has 1 rings (SSSR count). The van der Waals surface area contributed by atoms with E-state index >= 15 is 0 Å². The fourth-order valence-electron chi connectivity index (χ4n) is 1.23. The Bertz CT molecular complexity index is 476. The molecule has 16 heavy (non-hydrogen) atoms. The number of hydrogen-bond acceptors (Lipinski definition) is 3. The van der Waals surface area contributed by atoms with E-state index in [9.17, 15) is 17.9 Å². The number of nitrogens with one attached hydrogen (secondary N) is 1. The number of sulfonamides is 1. The molecule has 0 aliphatic heterocycles. The number of anilines is 1. The third kappa shape index (κ3) is 3.44. The van der Waals surface area contributed by atoms with Crippen LogP contribution in [0.1, 0.15) is 11.7 Å². The maximum atomic E-state index is 13.3. The van der Waals surface area contributed by atoms with Gasteiger partial charge in [-0.05, 0) is 18.2 Å². The standard InChI is InChI=1S/C9H13FN2O3S/c1-16(14,15)12-6-2-3-8(10)7(4-6)9(13)5-11/h2-4,9,12-13H,5,11H2,1H3/p+1/t9-/m0/s1.